The second-order valence-corrected chi connectivity index (χ2v) is 5.92. The summed E-state index contributed by atoms with van der Waals surface area (Å²) in [6, 6.07) is 14.4. The molecule has 3 rings (SSSR count). The minimum absolute atomic E-state index is 0.00216. The van der Waals surface area contributed by atoms with E-state index in [4.69, 9.17) is 4.74 Å². The van der Waals surface area contributed by atoms with Gasteiger partial charge in [0.2, 0.25) is 11.0 Å². The highest BCUT2D eigenvalue weighted by atomic mass is 32.2. The number of carbonyl (C=O) groups is 1. The minimum atomic E-state index is -0.767. The van der Waals surface area contributed by atoms with Gasteiger partial charge in [0.1, 0.15) is 6.04 Å². The predicted octanol–water partition coefficient (Wildman–Crippen LogP) is 3.64. The number of nitro benzene ring substituents is 1. The monoisotopic (exact) mass is 342 g/mol. The van der Waals surface area contributed by atoms with E-state index in [0.717, 1.165) is 0 Å². The summed E-state index contributed by atoms with van der Waals surface area (Å²) in [5.41, 5.74) is 1.25. The molecule has 0 bridgehead atoms. The molecule has 24 heavy (non-hydrogen) atoms. The molecule has 1 aliphatic heterocycles. The van der Waals surface area contributed by atoms with Crippen molar-refractivity contribution in [2.75, 3.05) is 6.26 Å². The molecule has 0 fully saturated rings. The van der Waals surface area contributed by atoms with Gasteiger partial charge in [-0.05, 0) is 24.0 Å². The average Bonchev–Trinajstić information content (AvgIpc) is 3.06. The van der Waals surface area contributed by atoms with E-state index in [-0.39, 0.29) is 11.5 Å². The first-order chi connectivity index (χ1) is 11.6. The fourth-order valence-electron chi connectivity index (χ4n) is 2.49. The largest absolute Gasteiger partial charge is 0.459 e. The van der Waals surface area contributed by atoms with Crippen LogP contribution >= 0.6 is 11.8 Å². The molecule has 0 N–H and O–H groups in total. The Morgan fingerprint density at radius 3 is 2.42 bits per heavy atom. The minimum Gasteiger partial charge on any atom is -0.459 e. The van der Waals surface area contributed by atoms with Gasteiger partial charge in [-0.25, -0.2) is 4.99 Å². The summed E-state index contributed by atoms with van der Waals surface area (Å²) < 4.78 is 5.70. The van der Waals surface area contributed by atoms with E-state index in [2.05, 4.69) is 4.99 Å². The Morgan fingerprint density at radius 1 is 1.17 bits per heavy atom. The maximum Gasteiger partial charge on any atom is 0.269 e. The molecule has 0 amide bonds. The van der Waals surface area contributed by atoms with Crippen molar-refractivity contribution < 1.29 is 14.5 Å². The SMILES string of the molecule is CSC1=N[C@H](c2ccc([N+](=O)[O-])cc2)[C@H](C(=O)c2ccccc2)O1. The molecule has 2 atom stereocenters. The molecule has 0 aliphatic carbocycles. The Morgan fingerprint density at radius 2 is 1.83 bits per heavy atom. The molecule has 0 radical (unpaired) electrons. The number of hydrogen-bond acceptors (Lipinski definition) is 6. The van der Waals surface area contributed by atoms with Gasteiger partial charge in [0.05, 0.1) is 4.92 Å². The van der Waals surface area contributed by atoms with Gasteiger partial charge >= 0.3 is 0 Å². The number of rotatable bonds is 4. The third kappa shape index (κ3) is 3.16. The lowest BCUT2D eigenvalue weighted by Gasteiger charge is -2.16. The zero-order valence-electron chi connectivity index (χ0n) is 12.8. The first-order valence-electron chi connectivity index (χ1n) is 7.22. The van der Waals surface area contributed by atoms with Crippen LogP contribution in [0.15, 0.2) is 59.6 Å². The van der Waals surface area contributed by atoms with Crippen LogP contribution in [0.1, 0.15) is 22.0 Å². The Balaban J connectivity index is 1.92. The van der Waals surface area contributed by atoms with Crippen LogP contribution in [-0.4, -0.2) is 28.3 Å². The van der Waals surface area contributed by atoms with Gasteiger partial charge in [-0.1, -0.05) is 42.1 Å². The first kappa shape index (κ1) is 16.2. The Hall–Kier alpha value is -2.67. The van der Waals surface area contributed by atoms with Crippen molar-refractivity contribution in [2.45, 2.75) is 12.1 Å². The van der Waals surface area contributed by atoms with Gasteiger partial charge in [0, 0.05) is 17.7 Å². The molecule has 2 aromatic carbocycles. The molecular formula is C17H14N2O4S. The van der Waals surface area contributed by atoms with Crippen molar-refractivity contribution in [1.29, 1.82) is 0 Å². The normalized spacial score (nSPS) is 19.5. The van der Waals surface area contributed by atoms with E-state index in [9.17, 15) is 14.9 Å². The molecule has 1 aliphatic rings. The van der Waals surface area contributed by atoms with Crippen LogP contribution < -0.4 is 0 Å². The van der Waals surface area contributed by atoms with E-state index in [1.807, 2.05) is 12.3 Å². The van der Waals surface area contributed by atoms with E-state index >= 15 is 0 Å². The average molecular weight is 342 g/mol. The topological polar surface area (TPSA) is 81.8 Å². The summed E-state index contributed by atoms with van der Waals surface area (Å²) >= 11 is 1.32. The van der Waals surface area contributed by atoms with Gasteiger partial charge in [0.15, 0.2) is 6.10 Å². The number of ether oxygens (including phenoxy) is 1. The quantitative estimate of drug-likeness (QED) is 0.481. The molecule has 122 valence electrons. The summed E-state index contributed by atoms with van der Waals surface area (Å²) in [4.78, 5) is 27.5. The van der Waals surface area contributed by atoms with Crippen LogP contribution in [0, 0.1) is 10.1 Å². The van der Waals surface area contributed by atoms with Gasteiger partial charge in [-0.2, -0.15) is 0 Å². The molecule has 6 nitrogen and oxygen atoms in total. The smallest absolute Gasteiger partial charge is 0.269 e. The Kier molecular flexibility index (Phi) is 4.61. The van der Waals surface area contributed by atoms with E-state index in [1.165, 1.54) is 23.9 Å². The van der Waals surface area contributed by atoms with Crippen LogP contribution in [-0.2, 0) is 4.74 Å². The molecule has 0 saturated heterocycles. The highest BCUT2D eigenvalue weighted by Gasteiger charge is 2.38. The maximum atomic E-state index is 12.8. The highest BCUT2D eigenvalue weighted by Crippen LogP contribution is 2.34. The van der Waals surface area contributed by atoms with Crippen LogP contribution in [0.3, 0.4) is 0 Å². The van der Waals surface area contributed by atoms with E-state index < -0.39 is 17.1 Å². The van der Waals surface area contributed by atoms with Gasteiger partial charge in [-0.15, -0.1) is 0 Å². The van der Waals surface area contributed by atoms with Gasteiger partial charge in [0.25, 0.3) is 5.69 Å². The highest BCUT2D eigenvalue weighted by molar-refractivity contribution is 8.12. The van der Waals surface area contributed by atoms with Crippen molar-refractivity contribution >= 4 is 28.5 Å². The Labute approximate surface area is 142 Å². The summed E-state index contributed by atoms with van der Waals surface area (Å²) in [5, 5.41) is 11.2. The number of nitro groups is 1. The third-order valence-corrected chi connectivity index (χ3v) is 4.25. The molecule has 2 aromatic rings. The number of aliphatic imine (C=N–C) groups is 1. The van der Waals surface area contributed by atoms with Crippen molar-refractivity contribution in [2.24, 2.45) is 4.99 Å². The fraction of sp³-hybridized carbons (Fsp3) is 0.176. The maximum absolute atomic E-state index is 12.8. The second-order valence-electron chi connectivity index (χ2n) is 5.16. The summed E-state index contributed by atoms with van der Waals surface area (Å²) in [5.74, 6) is -0.160. The van der Waals surface area contributed by atoms with Crippen LogP contribution in [0.25, 0.3) is 0 Å². The van der Waals surface area contributed by atoms with Crippen molar-refractivity contribution in [1.82, 2.24) is 0 Å². The van der Waals surface area contributed by atoms with Gasteiger partial charge in [-0.3, -0.25) is 14.9 Å². The number of carbonyl (C=O) groups excluding carboxylic acids is 1. The Bertz CT molecular complexity index is 790. The summed E-state index contributed by atoms with van der Waals surface area (Å²) in [7, 11) is 0. The molecule has 0 unspecified atom stereocenters. The third-order valence-electron chi connectivity index (χ3n) is 3.70. The number of non-ortho nitro benzene ring substituents is 1. The number of benzene rings is 2. The van der Waals surface area contributed by atoms with Crippen LogP contribution in [0.2, 0.25) is 0 Å². The van der Waals surface area contributed by atoms with Gasteiger partial charge < -0.3 is 4.74 Å². The number of thioether (sulfide) groups is 1. The molecule has 0 saturated carbocycles. The standard InChI is InChI=1S/C17H14N2O4S/c1-24-17-18-14(11-7-9-13(10-8-11)19(21)22)16(23-17)15(20)12-5-3-2-4-6-12/h2-10,14,16H,1H3/t14-,16-/m1/s1. The first-order valence-corrected chi connectivity index (χ1v) is 8.44. The van der Waals surface area contributed by atoms with Crippen molar-refractivity contribution in [3.8, 4) is 0 Å². The number of nitrogens with zero attached hydrogens (tertiary/aromatic N) is 2. The number of Topliss-reactive ketones (excluding diaryl/α,β-unsaturated/α-hetero) is 1. The molecule has 0 spiro atoms. The summed E-state index contributed by atoms with van der Waals surface area (Å²) in [6.45, 7) is 0. The fourth-order valence-corrected chi connectivity index (χ4v) is 2.91. The zero-order chi connectivity index (χ0) is 17.1. The summed E-state index contributed by atoms with van der Waals surface area (Å²) in [6.07, 6.45) is 1.05. The lowest BCUT2D eigenvalue weighted by atomic mass is 9.95. The lowest BCUT2D eigenvalue weighted by Crippen LogP contribution is -2.27. The van der Waals surface area contributed by atoms with Crippen LogP contribution in [0.5, 0.6) is 0 Å². The number of hydrogen-bond donors (Lipinski definition) is 0. The molecule has 0 aromatic heterocycles. The number of ketones is 1. The van der Waals surface area contributed by atoms with Crippen molar-refractivity contribution in [3.05, 3.63) is 75.8 Å². The lowest BCUT2D eigenvalue weighted by molar-refractivity contribution is -0.384. The zero-order valence-corrected chi connectivity index (χ0v) is 13.6. The molecular weight excluding hydrogens is 328 g/mol. The van der Waals surface area contributed by atoms with E-state index in [1.54, 1.807) is 36.4 Å². The van der Waals surface area contributed by atoms with Crippen LogP contribution in [0.4, 0.5) is 5.69 Å². The predicted molar refractivity (Wildman–Crippen MR) is 92.4 cm³/mol. The van der Waals surface area contributed by atoms with Crippen molar-refractivity contribution in [3.63, 3.8) is 0 Å². The second kappa shape index (κ2) is 6.84. The molecule has 7 heteroatoms. The van der Waals surface area contributed by atoms with E-state index in [0.29, 0.717) is 16.4 Å². The molecule has 1 heterocycles.